The average molecular weight is 192 g/mol. The van der Waals surface area contributed by atoms with E-state index in [2.05, 4.69) is 0 Å². The highest BCUT2D eigenvalue weighted by Crippen LogP contribution is 2.07. The van der Waals surface area contributed by atoms with Gasteiger partial charge in [-0.2, -0.15) is 0 Å². The molecule has 14 heavy (non-hydrogen) atoms. The van der Waals surface area contributed by atoms with Gasteiger partial charge in [0.25, 0.3) is 0 Å². The molecule has 0 bridgehead atoms. The topological polar surface area (TPSA) is 37.3 Å². The van der Waals surface area contributed by atoms with Crippen LogP contribution in [0.5, 0.6) is 0 Å². The van der Waals surface area contributed by atoms with Crippen molar-refractivity contribution in [1.29, 1.82) is 0 Å². The minimum atomic E-state index is -0.838. The Morgan fingerprint density at radius 2 is 1.86 bits per heavy atom. The van der Waals surface area contributed by atoms with Crippen LogP contribution in [0, 0.1) is 5.92 Å². The van der Waals surface area contributed by atoms with Gasteiger partial charge in [0.2, 0.25) is 0 Å². The van der Waals surface area contributed by atoms with Gasteiger partial charge in [-0.15, -0.1) is 0 Å². The second-order valence-corrected chi connectivity index (χ2v) is 3.82. The first kappa shape index (κ1) is 10.9. The van der Waals surface area contributed by atoms with Crippen LogP contribution < -0.4 is 0 Å². The van der Waals surface area contributed by atoms with Crippen LogP contribution in [0.15, 0.2) is 30.3 Å². The first-order valence-electron chi connectivity index (χ1n) is 4.86. The van der Waals surface area contributed by atoms with Crippen molar-refractivity contribution in [3.05, 3.63) is 35.9 Å². The van der Waals surface area contributed by atoms with E-state index in [1.807, 2.05) is 44.2 Å². The highest BCUT2D eigenvalue weighted by Gasteiger charge is 2.18. The first-order valence-corrected chi connectivity index (χ1v) is 4.86. The van der Waals surface area contributed by atoms with E-state index < -0.39 is 6.10 Å². The van der Waals surface area contributed by atoms with Crippen molar-refractivity contribution < 1.29 is 9.90 Å². The van der Waals surface area contributed by atoms with E-state index in [4.69, 9.17) is 0 Å². The van der Waals surface area contributed by atoms with Crippen LogP contribution in [0.1, 0.15) is 19.4 Å². The van der Waals surface area contributed by atoms with Crippen LogP contribution in [-0.4, -0.2) is 17.0 Å². The monoisotopic (exact) mass is 192 g/mol. The lowest BCUT2D eigenvalue weighted by Crippen LogP contribution is -2.27. The van der Waals surface area contributed by atoms with Gasteiger partial charge in [0.05, 0.1) is 0 Å². The number of rotatable bonds is 4. The quantitative estimate of drug-likeness (QED) is 0.790. The number of ketones is 1. The Balaban J connectivity index is 2.58. The molecule has 0 heterocycles. The highest BCUT2D eigenvalue weighted by molar-refractivity contribution is 5.85. The van der Waals surface area contributed by atoms with Crippen molar-refractivity contribution in [2.75, 3.05) is 0 Å². The van der Waals surface area contributed by atoms with Gasteiger partial charge in [-0.1, -0.05) is 44.2 Å². The summed E-state index contributed by atoms with van der Waals surface area (Å²) in [7, 11) is 0. The molecule has 0 aliphatic carbocycles. The number of carbonyl (C=O) groups excluding carboxylic acids is 1. The van der Waals surface area contributed by atoms with Crippen LogP contribution in [0.4, 0.5) is 0 Å². The van der Waals surface area contributed by atoms with Crippen molar-refractivity contribution in [2.45, 2.75) is 26.4 Å². The summed E-state index contributed by atoms with van der Waals surface area (Å²) in [6.45, 7) is 3.68. The van der Waals surface area contributed by atoms with E-state index in [0.717, 1.165) is 5.56 Å². The molecule has 2 heteroatoms. The zero-order chi connectivity index (χ0) is 10.6. The number of Topliss-reactive ketones (excluding diaryl/α,β-unsaturated/α-hetero) is 1. The molecule has 1 aromatic carbocycles. The lowest BCUT2D eigenvalue weighted by atomic mass is 9.98. The summed E-state index contributed by atoms with van der Waals surface area (Å²) in [4.78, 5) is 11.5. The molecule has 0 aliphatic heterocycles. The Hall–Kier alpha value is -1.15. The second-order valence-electron chi connectivity index (χ2n) is 3.82. The molecule has 0 fully saturated rings. The molecule has 1 unspecified atom stereocenters. The SMILES string of the molecule is CC(C)C(O)C(=O)Cc1ccccc1. The summed E-state index contributed by atoms with van der Waals surface area (Å²) in [5.74, 6) is -0.114. The number of carbonyl (C=O) groups is 1. The fraction of sp³-hybridized carbons (Fsp3) is 0.417. The van der Waals surface area contributed by atoms with Crippen LogP contribution in [0.25, 0.3) is 0 Å². The normalized spacial score (nSPS) is 12.9. The molecule has 0 radical (unpaired) electrons. The second kappa shape index (κ2) is 4.91. The van der Waals surface area contributed by atoms with E-state index in [0.29, 0.717) is 6.42 Å². The fourth-order valence-electron chi connectivity index (χ4n) is 1.27. The van der Waals surface area contributed by atoms with Gasteiger partial charge in [0, 0.05) is 6.42 Å². The summed E-state index contributed by atoms with van der Waals surface area (Å²) in [6, 6.07) is 9.48. The smallest absolute Gasteiger partial charge is 0.165 e. The van der Waals surface area contributed by atoms with Gasteiger partial charge in [-0.05, 0) is 11.5 Å². The molecular weight excluding hydrogens is 176 g/mol. The largest absolute Gasteiger partial charge is 0.385 e. The molecule has 0 amide bonds. The molecule has 76 valence electrons. The number of aliphatic hydroxyl groups is 1. The van der Waals surface area contributed by atoms with Gasteiger partial charge in [0.1, 0.15) is 6.10 Å². The predicted octanol–water partition coefficient (Wildman–Crippen LogP) is 1.82. The maximum Gasteiger partial charge on any atom is 0.165 e. The third kappa shape index (κ3) is 2.96. The molecule has 1 N–H and O–H groups in total. The fourth-order valence-corrected chi connectivity index (χ4v) is 1.27. The number of aliphatic hydroxyl groups excluding tert-OH is 1. The Morgan fingerprint density at radius 3 is 2.36 bits per heavy atom. The number of hydrogen-bond acceptors (Lipinski definition) is 2. The van der Waals surface area contributed by atoms with Gasteiger partial charge < -0.3 is 5.11 Å². The lowest BCUT2D eigenvalue weighted by molar-refractivity contribution is -0.128. The predicted molar refractivity (Wildman–Crippen MR) is 56.0 cm³/mol. The van der Waals surface area contributed by atoms with E-state index in [1.54, 1.807) is 0 Å². The summed E-state index contributed by atoms with van der Waals surface area (Å²) in [5, 5.41) is 9.51. The van der Waals surface area contributed by atoms with Crippen molar-refractivity contribution in [3.8, 4) is 0 Å². The minimum Gasteiger partial charge on any atom is -0.385 e. The van der Waals surface area contributed by atoms with Gasteiger partial charge in [-0.3, -0.25) is 4.79 Å². The van der Waals surface area contributed by atoms with E-state index >= 15 is 0 Å². The van der Waals surface area contributed by atoms with Crippen LogP contribution >= 0.6 is 0 Å². The van der Waals surface area contributed by atoms with E-state index in [-0.39, 0.29) is 11.7 Å². The van der Waals surface area contributed by atoms with Crippen LogP contribution in [0.3, 0.4) is 0 Å². The summed E-state index contributed by atoms with van der Waals surface area (Å²) in [5.41, 5.74) is 0.956. The van der Waals surface area contributed by atoms with Gasteiger partial charge in [0.15, 0.2) is 5.78 Å². The molecule has 1 rings (SSSR count). The Kier molecular flexibility index (Phi) is 3.84. The molecule has 0 spiro atoms. The van der Waals surface area contributed by atoms with E-state index in [9.17, 15) is 9.90 Å². The third-order valence-electron chi connectivity index (χ3n) is 2.18. The molecule has 0 saturated carbocycles. The highest BCUT2D eigenvalue weighted by atomic mass is 16.3. The molecule has 0 saturated heterocycles. The van der Waals surface area contributed by atoms with E-state index in [1.165, 1.54) is 0 Å². The zero-order valence-electron chi connectivity index (χ0n) is 8.60. The standard InChI is InChI=1S/C12H16O2/c1-9(2)12(14)11(13)8-10-6-4-3-5-7-10/h3-7,9,12,14H,8H2,1-2H3. The zero-order valence-corrected chi connectivity index (χ0v) is 8.60. The Bertz CT molecular complexity index is 290. The summed E-state index contributed by atoms with van der Waals surface area (Å²) in [6.07, 6.45) is -0.518. The Morgan fingerprint density at radius 1 is 1.29 bits per heavy atom. The summed E-state index contributed by atoms with van der Waals surface area (Å²) < 4.78 is 0. The molecular formula is C12H16O2. The average Bonchev–Trinajstić information content (AvgIpc) is 2.18. The number of benzene rings is 1. The molecule has 0 aromatic heterocycles. The molecule has 0 aliphatic rings. The molecule has 1 atom stereocenters. The molecule has 2 nitrogen and oxygen atoms in total. The number of hydrogen-bond donors (Lipinski definition) is 1. The Labute approximate surface area is 84.6 Å². The maximum absolute atomic E-state index is 11.5. The van der Waals surface area contributed by atoms with Crippen molar-refractivity contribution in [2.24, 2.45) is 5.92 Å². The molecule has 1 aromatic rings. The maximum atomic E-state index is 11.5. The lowest BCUT2D eigenvalue weighted by Gasteiger charge is -2.12. The first-order chi connectivity index (χ1) is 6.61. The van der Waals surface area contributed by atoms with Crippen molar-refractivity contribution in [1.82, 2.24) is 0 Å². The minimum absolute atomic E-state index is 0.00814. The van der Waals surface area contributed by atoms with Crippen LogP contribution in [-0.2, 0) is 11.2 Å². The van der Waals surface area contributed by atoms with Crippen molar-refractivity contribution in [3.63, 3.8) is 0 Å². The summed E-state index contributed by atoms with van der Waals surface area (Å²) >= 11 is 0. The van der Waals surface area contributed by atoms with Crippen LogP contribution in [0.2, 0.25) is 0 Å². The van der Waals surface area contributed by atoms with Gasteiger partial charge >= 0.3 is 0 Å². The van der Waals surface area contributed by atoms with Gasteiger partial charge in [-0.25, -0.2) is 0 Å². The third-order valence-corrected chi connectivity index (χ3v) is 2.18. The van der Waals surface area contributed by atoms with Crippen molar-refractivity contribution >= 4 is 5.78 Å².